The maximum Gasteiger partial charge on any atom is 0.303 e. The smallest absolute Gasteiger partial charge is 0.303 e. The molecule has 0 aliphatic rings. The monoisotopic (exact) mass is 221 g/mol. The minimum absolute atomic E-state index is 0.219. The van der Waals surface area contributed by atoms with Gasteiger partial charge in [-0.25, -0.2) is 0 Å². The van der Waals surface area contributed by atoms with Crippen LogP contribution in [0.3, 0.4) is 0 Å². The van der Waals surface area contributed by atoms with Gasteiger partial charge in [-0.05, 0) is 49.9 Å². The Morgan fingerprint density at radius 1 is 1.25 bits per heavy atom. The number of carboxylic acid groups (broad SMARTS) is 1. The molecule has 3 nitrogen and oxygen atoms in total. The number of nitrogens with one attached hydrogen (secondary N) is 1. The summed E-state index contributed by atoms with van der Waals surface area (Å²) in [6.45, 7) is 6.99. The average Bonchev–Trinajstić information content (AvgIpc) is 2.23. The second-order valence-electron chi connectivity index (χ2n) is 4.10. The summed E-state index contributed by atoms with van der Waals surface area (Å²) >= 11 is 0. The first-order valence-corrected chi connectivity index (χ1v) is 5.55. The van der Waals surface area contributed by atoms with Gasteiger partial charge in [-0.3, -0.25) is 4.79 Å². The highest BCUT2D eigenvalue weighted by Gasteiger charge is 2.03. The van der Waals surface area contributed by atoms with Crippen molar-refractivity contribution in [3.05, 3.63) is 28.8 Å². The standard InChI is InChI=1S/C13H19NO2/c1-9-6-7-12(11(3)10(9)2)14-8-4-5-13(15)16/h6-7,14H,4-5,8H2,1-3H3,(H,15,16). The van der Waals surface area contributed by atoms with Gasteiger partial charge in [0.2, 0.25) is 0 Å². The maximum atomic E-state index is 10.3. The number of hydrogen-bond acceptors (Lipinski definition) is 2. The molecule has 0 fully saturated rings. The zero-order chi connectivity index (χ0) is 12.1. The Morgan fingerprint density at radius 3 is 2.56 bits per heavy atom. The highest BCUT2D eigenvalue weighted by molar-refractivity contribution is 5.66. The molecule has 0 heterocycles. The van der Waals surface area contributed by atoms with Crippen LogP contribution in [0.25, 0.3) is 0 Å². The van der Waals surface area contributed by atoms with Crippen LogP contribution in [0, 0.1) is 20.8 Å². The zero-order valence-electron chi connectivity index (χ0n) is 10.1. The molecular weight excluding hydrogens is 202 g/mol. The molecule has 2 N–H and O–H groups in total. The average molecular weight is 221 g/mol. The van der Waals surface area contributed by atoms with Gasteiger partial charge in [-0.2, -0.15) is 0 Å². The molecule has 3 heteroatoms. The molecule has 0 saturated heterocycles. The van der Waals surface area contributed by atoms with Crippen molar-refractivity contribution in [2.24, 2.45) is 0 Å². The molecule has 0 aliphatic heterocycles. The second kappa shape index (κ2) is 5.54. The van der Waals surface area contributed by atoms with Gasteiger partial charge in [0.25, 0.3) is 0 Å². The van der Waals surface area contributed by atoms with Crippen molar-refractivity contribution in [2.45, 2.75) is 33.6 Å². The van der Waals surface area contributed by atoms with Crippen LogP contribution in [0.4, 0.5) is 5.69 Å². The van der Waals surface area contributed by atoms with E-state index in [0.717, 1.165) is 5.69 Å². The third-order valence-corrected chi connectivity index (χ3v) is 2.94. The Morgan fingerprint density at radius 2 is 1.94 bits per heavy atom. The van der Waals surface area contributed by atoms with Crippen LogP contribution in [0.2, 0.25) is 0 Å². The first kappa shape index (κ1) is 12.6. The lowest BCUT2D eigenvalue weighted by Crippen LogP contribution is -2.06. The third kappa shape index (κ3) is 3.26. The number of aryl methyl sites for hydroxylation is 1. The van der Waals surface area contributed by atoms with Crippen molar-refractivity contribution >= 4 is 11.7 Å². The largest absolute Gasteiger partial charge is 0.481 e. The van der Waals surface area contributed by atoms with Crippen molar-refractivity contribution in [1.29, 1.82) is 0 Å². The second-order valence-corrected chi connectivity index (χ2v) is 4.10. The first-order chi connectivity index (χ1) is 7.52. The number of aliphatic carboxylic acids is 1. The van der Waals surface area contributed by atoms with Gasteiger partial charge >= 0.3 is 5.97 Å². The summed E-state index contributed by atoms with van der Waals surface area (Å²) in [6.07, 6.45) is 0.874. The molecule has 0 aliphatic carbocycles. The van der Waals surface area contributed by atoms with E-state index in [1.54, 1.807) is 0 Å². The molecule has 0 bridgehead atoms. The van der Waals surface area contributed by atoms with Crippen LogP contribution < -0.4 is 5.32 Å². The van der Waals surface area contributed by atoms with Gasteiger partial charge in [0.1, 0.15) is 0 Å². The zero-order valence-corrected chi connectivity index (χ0v) is 10.1. The lowest BCUT2D eigenvalue weighted by atomic mass is 10.0. The van der Waals surface area contributed by atoms with Crippen LogP contribution in [0.1, 0.15) is 29.5 Å². The van der Waals surface area contributed by atoms with E-state index in [1.807, 2.05) is 0 Å². The summed E-state index contributed by atoms with van der Waals surface area (Å²) in [4.78, 5) is 10.3. The molecule has 16 heavy (non-hydrogen) atoms. The summed E-state index contributed by atoms with van der Waals surface area (Å²) in [5, 5.41) is 11.8. The Labute approximate surface area is 96.5 Å². The summed E-state index contributed by atoms with van der Waals surface area (Å²) in [6, 6.07) is 4.14. The number of rotatable bonds is 5. The highest BCUT2D eigenvalue weighted by atomic mass is 16.4. The van der Waals surface area contributed by atoms with Crippen LogP contribution in [-0.4, -0.2) is 17.6 Å². The number of anilines is 1. The molecule has 88 valence electrons. The molecule has 1 aromatic rings. The summed E-state index contributed by atoms with van der Waals surface area (Å²) in [5.41, 5.74) is 4.93. The van der Waals surface area contributed by atoms with Crippen molar-refractivity contribution in [3.63, 3.8) is 0 Å². The quantitative estimate of drug-likeness (QED) is 0.752. The van der Waals surface area contributed by atoms with Crippen molar-refractivity contribution in [1.82, 2.24) is 0 Å². The Hall–Kier alpha value is -1.51. The number of carbonyl (C=O) groups is 1. The number of hydrogen-bond donors (Lipinski definition) is 2. The van der Waals surface area contributed by atoms with E-state index in [4.69, 9.17) is 5.11 Å². The fourth-order valence-corrected chi connectivity index (χ4v) is 1.61. The predicted octanol–water partition coefficient (Wildman–Crippen LogP) is 2.89. The van der Waals surface area contributed by atoms with E-state index < -0.39 is 5.97 Å². The Kier molecular flexibility index (Phi) is 4.35. The normalized spacial score (nSPS) is 10.2. The van der Waals surface area contributed by atoms with E-state index >= 15 is 0 Å². The van der Waals surface area contributed by atoms with E-state index in [0.29, 0.717) is 13.0 Å². The van der Waals surface area contributed by atoms with E-state index in [-0.39, 0.29) is 6.42 Å². The number of carboxylic acids is 1. The van der Waals surface area contributed by atoms with E-state index in [1.165, 1.54) is 16.7 Å². The third-order valence-electron chi connectivity index (χ3n) is 2.94. The summed E-state index contributed by atoms with van der Waals surface area (Å²) in [5.74, 6) is -0.737. The summed E-state index contributed by atoms with van der Waals surface area (Å²) in [7, 11) is 0. The van der Waals surface area contributed by atoms with Crippen LogP contribution in [0.15, 0.2) is 12.1 Å². The van der Waals surface area contributed by atoms with Gasteiger partial charge in [0, 0.05) is 18.7 Å². The summed E-state index contributed by atoms with van der Waals surface area (Å²) < 4.78 is 0. The minimum atomic E-state index is -0.737. The van der Waals surface area contributed by atoms with Crippen LogP contribution in [0.5, 0.6) is 0 Å². The lowest BCUT2D eigenvalue weighted by Gasteiger charge is -2.12. The molecular formula is C13H19NO2. The van der Waals surface area contributed by atoms with Crippen LogP contribution in [-0.2, 0) is 4.79 Å². The van der Waals surface area contributed by atoms with Gasteiger partial charge in [0.05, 0.1) is 0 Å². The molecule has 0 radical (unpaired) electrons. The lowest BCUT2D eigenvalue weighted by molar-refractivity contribution is -0.137. The Bertz CT molecular complexity index is 386. The minimum Gasteiger partial charge on any atom is -0.481 e. The molecule has 0 atom stereocenters. The molecule has 0 aromatic heterocycles. The van der Waals surface area contributed by atoms with Crippen molar-refractivity contribution < 1.29 is 9.90 Å². The fourth-order valence-electron chi connectivity index (χ4n) is 1.61. The molecule has 0 spiro atoms. The number of benzene rings is 1. The molecule has 1 rings (SSSR count). The van der Waals surface area contributed by atoms with Crippen LogP contribution >= 0.6 is 0 Å². The Balaban J connectivity index is 2.55. The molecule has 0 amide bonds. The van der Waals surface area contributed by atoms with Gasteiger partial charge in [-0.1, -0.05) is 6.07 Å². The van der Waals surface area contributed by atoms with E-state index in [9.17, 15) is 4.79 Å². The molecule has 0 unspecified atom stereocenters. The fraction of sp³-hybridized carbons (Fsp3) is 0.462. The topological polar surface area (TPSA) is 49.3 Å². The maximum absolute atomic E-state index is 10.3. The van der Waals surface area contributed by atoms with Crippen molar-refractivity contribution in [2.75, 3.05) is 11.9 Å². The highest BCUT2D eigenvalue weighted by Crippen LogP contribution is 2.21. The SMILES string of the molecule is Cc1ccc(NCCCC(=O)O)c(C)c1C. The molecule has 0 saturated carbocycles. The predicted molar refractivity (Wildman–Crippen MR) is 66.0 cm³/mol. The van der Waals surface area contributed by atoms with Gasteiger partial charge in [-0.15, -0.1) is 0 Å². The van der Waals surface area contributed by atoms with Gasteiger partial charge < -0.3 is 10.4 Å². The van der Waals surface area contributed by atoms with Crippen molar-refractivity contribution in [3.8, 4) is 0 Å². The van der Waals surface area contributed by atoms with E-state index in [2.05, 4.69) is 38.2 Å². The van der Waals surface area contributed by atoms with Gasteiger partial charge in [0.15, 0.2) is 0 Å². The first-order valence-electron chi connectivity index (χ1n) is 5.55. The molecule has 1 aromatic carbocycles.